The van der Waals surface area contributed by atoms with Crippen molar-refractivity contribution >= 4 is 16.8 Å². The molecule has 182 valence electrons. The van der Waals surface area contributed by atoms with E-state index in [0.717, 1.165) is 13.0 Å². The van der Waals surface area contributed by atoms with Crippen LogP contribution in [0, 0.1) is 0 Å². The molecule has 0 atom stereocenters. The Morgan fingerprint density at radius 1 is 1.12 bits per heavy atom. The molecule has 0 aliphatic rings. The first-order valence-electron chi connectivity index (χ1n) is 11.3. The smallest absolute Gasteiger partial charge is 0.262 e. The molecule has 0 unspecified atom stereocenters. The molecule has 0 radical (unpaired) electrons. The van der Waals surface area contributed by atoms with Gasteiger partial charge in [-0.3, -0.25) is 14.2 Å². The number of fused-ring (bicyclic) bond motifs is 1. The van der Waals surface area contributed by atoms with Crippen LogP contribution < -0.4 is 20.3 Å². The van der Waals surface area contributed by atoms with Crippen LogP contribution in [0.25, 0.3) is 22.3 Å². The molecule has 0 aliphatic heterocycles. The largest absolute Gasteiger partial charge is 0.497 e. The molecule has 1 heterocycles. The fraction of sp³-hybridized carbons (Fsp3) is 0.423. The maximum Gasteiger partial charge on any atom is 0.262 e. The minimum atomic E-state index is -0.422. The molecule has 0 saturated heterocycles. The first kappa shape index (κ1) is 25.2. The van der Waals surface area contributed by atoms with Crippen molar-refractivity contribution in [2.24, 2.45) is 0 Å². The number of carbonyl (C=O) groups is 1. The Kier molecular flexibility index (Phi) is 7.94. The zero-order valence-corrected chi connectivity index (χ0v) is 20.8. The number of rotatable bonds is 9. The number of methoxy groups -OCH3 is 1. The molecule has 8 heteroatoms. The number of amides is 1. The van der Waals surface area contributed by atoms with Gasteiger partial charge in [0.1, 0.15) is 23.9 Å². The van der Waals surface area contributed by atoms with Gasteiger partial charge in [0.25, 0.3) is 5.56 Å². The Labute approximate surface area is 200 Å². The highest BCUT2D eigenvalue weighted by Crippen LogP contribution is 2.25. The van der Waals surface area contributed by atoms with E-state index in [4.69, 9.17) is 14.5 Å². The van der Waals surface area contributed by atoms with Gasteiger partial charge < -0.3 is 19.7 Å². The number of nitrogens with zero attached hydrogens (tertiary/aromatic N) is 3. The van der Waals surface area contributed by atoms with Crippen LogP contribution in [0.3, 0.4) is 0 Å². The summed E-state index contributed by atoms with van der Waals surface area (Å²) in [5.74, 6) is 1.38. The second kappa shape index (κ2) is 10.7. The quantitative estimate of drug-likeness (QED) is 0.487. The molecular formula is C26H34N4O4. The van der Waals surface area contributed by atoms with Crippen LogP contribution in [0.5, 0.6) is 11.5 Å². The lowest BCUT2D eigenvalue weighted by Gasteiger charge is -2.21. The molecule has 34 heavy (non-hydrogen) atoms. The molecule has 0 saturated carbocycles. The van der Waals surface area contributed by atoms with E-state index in [2.05, 4.69) is 10.2 Å². The number of carbonyl (C=O) groups excluding carboxylic acids is 1. The van der Waals surface area contributed by atoms with E-state index in [1.807, 2.05) is 59.1 Å². The summed E-state index contributed by atoms with van der Waals surface area (Å²) in [7, 11) is 5.61. The zero-order chi connectivity index (χ0) is 24.9. The van der Waals surface area contributed by atoms with Crippen LogP contribution in [0.15, 0.2) is 47.3 Å². The van der Waals surface area contributed by atoms with Crippen LogP contribution in [0.4, 0.5) is 0 Å². The summed E-state index contributed by atoms with van der Waals surface area (Å²) in [6.07, 6.45) is 0.870. The summed E-state index contributed by atoms with van der Waals surface area (Å²) in [5, 5.41) is 3.32. The number of nitrogens with one attached hydrogen (secondary N) is 1. The summed E-state index contributed by atoms with van der Waals surface area (Å²) in [5.41, 5.74) is 0.502. The van der Waals surface area contributed by atoms with Crippen molar-refractivity contribution in [1.82, 2.24) is 19.8 Å². The highest BCUT2D eigenvalue weighted by molar-refractivity contribution is 5.83. The molecular weight excluding hydrogens is 432 g/mol. The average Bonchev–Trinajstić information content (AvgIpc) is 2.77. The minimum Gasteiger partial charge on any atom is -0.497 e. The number of hydrogen-bond donors (Lipinski definition) is 1. The Balaban J connectivity index is 2.05. The van der Waals surface area contributed by atoms with Crippen molar-refractivity contribution in [2.75, 3.05) is 34.4 Å². The molecule has 1 aromatic heterocycles. The Hall–Kier alpha value is -3.39. The highest BCUT2D eigenvalue weighted by atomic mass is 16.5. The van der Waals surface area contributed by atoms with Gasteiger partial charge in [0.2, 0.25) is 5.91 Å². The topological polar surface area (TPSA) is 85.7 Å². The van der Waals surface area contributed by atoms with Crippen LogP contribution in [-0.2, 0) is 11.3 Å². The lowest BCUT2D eigenvalue weighted by Crippen LogP contribution is -2.43. The number of ether oxygens (including phenoxy) is 2. The Morgan fingerprint density at radius 2 is 1.88 bits per heavy atom. The molecule has 0 fully saturated rings. The molecule has 3 rings (SSSR count). The summed E-state index contributed by atoms with van der Waals surface area (Å²) in [6, 6.07) is 12.6. The summed E-state index contributed by atoms with van der Waals surface area (Å²) in [6.45, 7) is 7.00. The molecule has 0 aliphatic carbocycles. The lowest BCUT2D eigenvalue weighted by atomic mass is 10.1. The van der Waals surface area contributed by atoms with Crippen LogP contribution in [0.2, 0.25) is 0 Å². The molecule has 1 N–H and O–H groups in total. The van der Waals surface area contributed by atoms with Gasteiger partial charge in [-0.25, -0.2) is 4.98 Å². The van der Waals surface area contributed by atoms with Gasteiger partial charge in [0.05, 0.1) is 24.6 Å². The first-order valence-corrected chi connectivity index (χ1v) is 11.3. The van der Waals surface area contributed by atoms with Crippen molar-refractivity contribution in [1.29, 1.82) is 0 Å². The highest BCUT2D eigenvalue weighted by Gasteiger charge is 2.19. The number of aromatic nitrogens is 2. The molecule has 0 bridgehead atoms. The maximum atomic E-state index is 13.6. The van der Waals surface area contributed by atoms with Crippen molar-refractivity contribution in [2.45, 2.75) is 39.3 Å². The van der Waals surface area contributed by atoms with Gasteiger partial charge in [0, 0.05) is 17.6 Å². The monoisotopic (exact) mass is 466 g/mol. The van der Waals surface area contributed by atoms with Crippen LogP contribution >= 0.6 is 0 Å². The Bertz CT molecular complexity index is 1210. The molecule has 3 aromatic rings. The number of benzene rings is 2. The molecule has 8 nitrogen and oxygen atoms in total. The van der Waals surface area contributed by atoms with E-state index in [0.29, 0.717) is 40.4 Å². The lowest BCUT2D eigenvalue weighted by molar-refractivity contribution is -0.123. The molecule has 1 amide bonds. The standard InChI is InChI=1S/C26H34N4O4/c1-26(2,3)28-23(31)17-30-24(18-9-7-10-19(15-18)33-6)27-22-12-11-20(16-21(22)25(30)32)34-14-8-13-29(4)5/h7,9-12,15-16H,8,13-14,17H2,1-6H3,(H,28,31). The third-order valence-electron chi connectivity index (χ3n) is 5.09. The van der Waals surface area contributed by atoms with E-state index >= 15 is 0 Å². The van der Waals surface area contributed by atoms with Gasteiger partial charge in [-0.05, 0) is 71.6 Å². The van der Waals surface area contributed by atoms with Gasteiger partial charge in [-0.1, -0.05) is 12.1 Å². The SMILES string of the molecule is COc1cccc(-c2nc3ccc(OCCCN(C)C)cc3c(=O)n2CC(=O)NC(C)(C)C)c1. The average molecular weight is 467 g/mol. The fourth-order valence-corrected chi connectivity index (χ4v) is 3.59. The number of hydrogen-bond acceptors (Lipinski definition) is 6. The van der Waals surface area contributed by atoms with E-state index in [-0.39, 0.29) is 18.0 Å². The third kappa shape index (κ3) is 6.57. The summed E-state index contributed by atoms with van der Waals surface area (Å²) >= 11 is 0. The molecule has 2 aromatic carbocycles. The van der Waals surface area contributed by atoms with Crippen molar-refractivity contribution in [3.05, 3.63) is 52.8 Å². The van der Waals surface area contributed by atoms with E-state index in [9.17, 15) is 9.59 Å². The second-order valence-corrected chi connectivity index (χ2v) is 9.54. The third-order valence-corrected chi connectivity index (χ3v) is 5.09. The zero-order valence-electron chi connectivity index (χ0n) is 20.8. The second-order valence-electron chi connectivity index (χ2n) is 9.54. The molecule has 0 spiro atoms. The van der Waals surface area contributed by atoms with E-state index < -0.39 is 5.54 Å². The van der Waals surface area contributed by atoms with Crippen LogP contribution in [-0.4, -0.2) is 60.3 Å². The minimum absolute atomic E-state index is 0.153. The van der Waals surface area contributed by atoms with Gasteiger partial charge in [-0.2, -0.15) is 0 Å². The summed E-state index contributed by atoms with van der Waals surface area (Å²) < 4.78 is 12.6. The fourth-order valence-electron chi connectivity index (χ4n) is 3.59. The van der Waals surface area contributed by atoms with Crippen molar-refractivity contribution in [3.8, 4) is 22.9 Å². The van der Waals surface area contributed by atoms with Crippen LogP contribution in [0.1, 0.15) is 27.2 Å². The van der Waals surface area contributed by atoms with Crippen molar-refractivity contribution < 1.29 is 14.3 Å². The predicted octanol–water partition coefficient (Wildman–Crippen LogP) is 3.32. The van der Waals surface area contributed by atoms with Gasteiger partial charge in [0.15, 0.2) is 0 Å². The van der Waals surface area contributed by atoms with E-state index in [1.54, 1.807) is 25.3 Å². The maximum absolute atomic E-state index is 13.6. The van der Waals surface area contributed by atoms with E-state index in [1.165, 1.54) is 4.57 Å². The summed E-state index contributed by atoms with van der Waals surface area (Å²) in [4.78, 5) is 33.2. The predicted molar refractivity (Wildman–Crippen MR) is 135 cm³/mol. The van der Waals surface area contributed by atoms with Gasteiger partial charge >= 0.3 is 0 Å². The Morgan fingerprint density at radius 3 is 2.56 bits per heavy atom. The van der Waals surface area contributed by atoms with Crippen molar-refractivity contribution in [3.63, 3.8) is 0 Å². The normalized spacial score (nSPS) is 11.6. The first-order chi connectivity index (χ1) is 16.1. The van der Waals surface area contributed by atoms with Gasteiger partial charge in [-0.15, -0.1) is 0 Å².